The summed E-state index contributed by atoms with van der Waals surface area (Å²) in [5, 5.41) is 0. The molecule has 1 aromatic rings. The second-order valence-corrected chi connectivity index (χ2v) is 5.91. The van der Waals surface area contributed by atoms with Crippen LogP contribution < -0.4 is 0 Å². The molecule has 1 unspecified atom stereocenters. The highest BCUT2D eigenvalue weighted by atomic mass is 14.1. The van der Waals surface area contributed by atoms with E-state index < -0.39 is 0 Å². The van der Waals surface area contributed by atoms with Gasteiger partial charge in [-0.25, -0.2) is 0 Å². The third-order valence-electron chi connectivity index (χ3n) is 4.08. The lowest BCUT2D eigenvalue weighted by atomic mass is 9.92. The highest BCUT2D eigenvalue weighted by Crippen LogP contribution is 2.19. The lowest BCUT2D eigenvalue weighted by Gasteiger charge is -2.14. The number of rotatable bonds is 10. The average Bonchev–Trinajstić information content (AvgIpc) is 2.49. The molecule has 0 amide bonds. The van der Waals surface area contributed by atoms with E-state index in [9.17, 15) is 0 Å². The zero-order valence-electron chi connectivity index (χ0n) is 13.7. The van der Waals surface area contributed by atoms with Crippen LogP contribution in [-0.2, 0) is 6.42 Å². The summed E-state index contributed by atoms with van der Waals surface area (Å²) >= 11 is 0. The zero-order chi connectivity index (χ0) is 14.6. The third kappa shape index (κ3) is 6.93. The van der Waals surface area contributed by atoms with Crippen molar-refractivity contribution >= 4 is 6.08 Å². The standard InChI is InChI=1S/C20H32/c1-4-7-9-10-12-19-13-15-20(16-14-19)17-18(6-3)11-8-5-2/h10,12-16,18H,4-9,11,17H2,1-3H3. The lowest BCUT2D eigenvalue weighted by Crippen LogP contribution is -2.03. The van der Waals surface area contributed by atoms with Crippen LogP contribution in [0.2, 0.25) is 0 Å². The number of hydrogen-bond acceptors (Lipinski definition) is 0. The summed E-state index contributed by atoms with van der Waals surface area (Å²) in [6, 6.07) is 9.16. The Morgan fingerprint density at radius 2 is 1.65 bits per heavy atom. The van der Waals surface area contributed by atoms with Crippen molar-refractivity contribution in [2.45, 2.75) is 72.1 Å². The summed E-state index contributed by atoms with van der Waals surface area (Å²) < 4.78 is 0. The smallest absolute Gasteiger partial charge is 0.0250 e. The largest absolute Gasteiger partial charge is 0.0839 e. The monoisotopic (exact) mass is 272 g/mol. The van der Waals surface area contributed by atoms with E-state index in [0.717, 1.165) is 5.92 Å². The molecule has 0 nitrogen and oxygen atoms in total. The van der Waals surface area contributed by atoms with Gasteiger partial charge in [-0.15, -0.1) is 0 Å². The second-order valence-electron chi connectivity index (χ2n) is 5.91. The molecule has 1 aromatic carbocycles. The van der Waals surface area contributed by atoms with Gasteiger partial charge >= 0.3 is 0 Å². The fourth-order valence-corrected chi connectivity index (χ4v) is 2.58. The Balaban J connectivity index is 2.46. The number of benzene rings is 1. The minimum Gasteiger partial charge on any atom is -0.0839 e. The molecule has 0 aromatic heterocycles. The van der Waals surface area contributed by atoms with Gasteiger partial charge in [0.1, 0.15) is 0 Å². The highest BCUT2D eigenvalue weighted by Gasteiger charge is 2.06. The molecule has 0 fully saturated rings. The molecule has 1 rings (SSSR count). The fourth-order valence-electron chi connectivity index (χ4n) is 2.58. The van der Waals surface area contributed by atoms with E-state index in [1.165, 1.54) is 62.5 Å². The van der Waals surface area contributed by atoms with Crippen LogP contribution in [0.4, 0.5) is 0 Å². The molecule has 20 heavy (non-hydrogen) atoms. The van der Waals surface area contributed by atoms with Crippen LogP contribution in [0.25, 0.3) is 6.08 Å². The summed E-state index contributed by atoms with van der Waals surface area (Å²) in [4.78, 5) is 0. The lowest BCUT2D eigenvalue weighted by molar-refractivity contribution is 0.449. The molecular formula is C20H32. The summed E-state index contributed by atoms with van der Waals surface area (Å²) in [6.45, 7) is 6.85. The quantitative estimate of drug-likeness (QED) is 0.418. The molecule has 0 spiro atoms. The van der Waals surface area contributed by atoms with Crippen molar-refractivity contribution < 1.29 is 0 Å². The first-order chi connectivity index (χ1) is 9.80. The highest BCUT2D eigenvalue weighted by molar-refractivity contribution is 5.49. The SMILES string of the molecule is CCCCC=Cc1ccc(CC(CC)CCCC)cc1. The first-order valence-corrected chi connectivity index (χ1v) is 8.55. The van der Waals surface area contributed by atoms with E-state index in [-0.39, 0.29) is 0 Å². The van der Waals surface area contributed by atoms with Crippen molar-refractivity contribution in [2.75, 3.05) is 0 Å². The van der Waals surface area contributed by atoms with Gasteiger partial charge in [0.05, 0.1) is 0 Å². The third-order valence-corrected chi connectivity index (χ3v) is 4.08. The van der Waals surface area contributed by atoms with E-state index in [1.807, 2.05) is 0 Å². The van der Waals surface area contributed by atoms with Crippen LogP contribution in [0.15, 0.2) is 30.3 Å². The minimum atomic E-state index is 0.862. The molecule has 0 radical (unpaired) electrons. The maximum absolute atomic E-state index is 2.32. The van der Waals surface area contributed by atoms with Crippen molar-refractivity contribution in [3.05, 3.63) is 41.5 Å². The maximum atomic E-state index is 2.32. The van der Waals surface area contributed by atoms with Gasteiger partial charge in [-0.05, 0) is 29.9 Å². The minimum absolute atomic E-state index is 0.862. The van der Waals surface area contributed by atoms with Crippen LogP contribution in [0, 0.1) is 5.92 Å². The number of hydrogen-bond donors (Lipinski definition) is 0. The van der Waals surface area contributed by atoms with Crippen LogP contribution in [-0.4, -0.2) is 0 Å². The van der Waals surface area contributed by atoms with E-state index >= 15 is 0 Å². The maximum Gasteiger partial charge on any atom is -0.0250 e. The fraction of sp³-hybridized carbons (Fsp3) is 0.600. The zero-order valence-corrected chi connectivity index (χ0v) is 13.7. The van der Waals surface area contributed by atoms with Crippen molar-refractivity contribution in [2.24, 2.45) is 5.92 Å². The molecular weight excluding hydrogens is 240 g/mol. The van der Waals surface area contributed by atoms with Crippen molar-refractivity contribution in [3.63, 3.8) is 0 Å². The van der Waals surface area contributed by atoms with Crippen LogP contribution in [0.1, 0.15) is 76.8 Å². The predicted molar refractivity (Wildman–Crippen MR) is 92.0 cm³/mol. The molecule has 0 N–H and O–H groups in total. The summed E-state index contributed by atoms with van der Waals surface area (Å²) in [5.74, 6) is 0.862. The molecule has 1 atom stereocenters. The molecule has 0 aliphatic carbocycles. The molecule has 0 saturated carbocycles. The summed E-state index contributed by atoms with van der Waals surface area (Å²) in [7, 11) is 0. The Morgan fingerprint density at radius 3 is 2.25 bits per heavy atom. The second kappa shape index (κ2) is 10.7. The number of unbranched alkanes of at least 4 members (excludes halogenated alkanes) is 3. The van der Waals surface area contributed by atoms with Gasteiger partial charge < -0.3 is 0 Å². The van der Waals surface area contributed by atoms with Crippen LogP contribution in [0.5, 0.6) is 0 Å². The normalized spacial score (nSPS) is 12.9. The average molecular weight is 272 g/mol. The van der Waals surface area contributed by atoms with Gasteiger partial charge in [0.2, 0.25) is 0 Å². The summed E-state index contributed by atoms with van der Waals surface area (Å²) in [6.07, 6.45) is 15.0. The molecule has 0 heteroatoms. The predicted octanol–water partition coefficient (Wildman–Crippen LogP) is 6.65. The van der Waals surface area contributed by atoms with Crippen LogP contribution >= 0.6 is 0 Å². The Kier molecular flexibility index (Phi) is 9.11. The molecule has 112 valence electrons. The van der Waals surface area contributed by atoms with E-state index in [4.69, 9.17) is 0 Å². The van der Waals surface area contributed by atoms with Gasteiger partial charge in [0, 0.05) is 0 Å². The van der Waals surface area contributed by atoms with Crippen LogP contribution in [0.3, 0.4) is 0 Å². The van der Waals surface area contributed by atoms with E-state index in [0.29, 0.717) is 0 Å². The van der Waals surface area contributed by atoms with E-state index in [1.54, 1.807) is 0 Å². The Labute approximate surface area is 126 Å². The molecule has 0 aliphatic heterocycles. The van der Waals surface area contributed by atoms with Gasteiger partial charge in [0.15, 0.2) is 0 Å². The van der Waals surface area contributed by atoms with E-state index in [2.05, 4.69) is 57.2 Å². The Hall–Kier alpha value is -1.04. The van der Waals surface area contributed by atoms with Gasteiger partial charge in [0.25, 0.3) is 0 Å². The van der Waals surface area contributed by atoms with Gasteiger partial charge in [-0.3, -0.25) is 0 Å². The van der Waals surface area contributed by atoms with Gasteiger partial charge in [-0.2, -0.15) is 0 Å². The number of allylic oxidation sites excluding steroid dienone is 1. The Bertz CT molecular complexity index is 358. The summed E-state index contributed by atoms with van der Waals surface area (Å²) in [5.41, 5.74) is 2.84. The van der Waals surface area contributed by atoms with Crippen molar-refractivity contribution in [1.29, 1.82) is 0 Å². The molecule has 0 bridgehead atoms. The first-order valence-electron chi connectivity index (χ1n) is 8.55. The van der Waals surface area contributed by atoms with Crippen molar-refractivity contribution in [1.82, 2.24) is 0 Å². The molecule has 0 aliphatic rings. The first kappa shape index (κ1) is 17.0. The van der Waals surface area contributed by atoms with Gasteiger partial charge in [-0.1, -0.05) is 95.7 Å². The molecule has 0 heterocycles. The molecule has 0 saturated heterocycles. The topological polar surface area (TPSA) is 0 Å². The Morgan fingerprint density at radius 1 is 0.950 bits per heavy atom. The van der Waals surface area contributed by atoms with Crippen molar-refractivity contribution in [3.8, 4) is 0 Å².